The lowest BCUT2D eigenvalue weighted by Gasteiger charge is -2.32. The van der Waals surface area contributed by atoms with Gasteiger partial charge in [-0.25, -0.2) is 0 Å². The van der Waals surface area contributed by atoms with E-state index in [1.165, 1.54) is 6.33 Å². The first-order valence-electron chi connectivity index (χ1n) is 6.58. The Balaban J connectivity index is 1.94. The van der Waals surface area contributed by atoms with Crippen LogP contribution in [0.3, 0.4) is 0 Å². The number of carbonyl (C=O) groups is 1. The van der Waals surface area contributed by atoms with E-state index < -0.39 is 0 Å². The molecular weight excluding hydrogens is 248 g/mol. The molecule has 0 bridgehead atoms. The molecule has 7 nitrogen and oxygen atoms in total. The average molecular weight is 268 g/mol. The van der Waals surface area contributed by atoms with Crippen molar-refractivity contribution >= 4 is 5.91 Å². The normalized spacial score (nSPS) is 22.1. The van der Waals surface area contributed by atoms with Crippen LogP contribution in [0.15, 0.2) is 10.9 Å². The summed E-state index contributed by atoms with van der Waals surface area (Å²) in [5.74, 6) is 0.511. The quantitative estimate of drug-likeness (QED) is 0.830. The number of nitrogens with one attached hydrogen (secondary N) is 1. The van der Waals surface area contributed by atoms with Gasteiger partial charge in [-0.15, -0.1) is 0 Å². The van der Waals surface area contributed by atoms with Crippen molar-refractivity contribution < 1.29 is 14.1 Å². The number of amides is 1. The molecule has 0 spiro atoms. The van der Waals surface area contributed by atoms with Gasteiger partial charge < -0.3 is 14.6 Å². The first kappa shape index (κ1) is 14.0. The predicted molar refractivity (Wildman–Crippen MR) is 67.3 cm³/mol. The summed E-state index contributed by atoms with van der Waals surface area (Å²) in [6.45, 7) is 6.12. The standard InChI is InChI=1S/C12H20N4O3/c1-3-9(2)15-11(17)6-16-4-5-18-7-10(16)12-13-8-14-19-12/h8-10H,3-7H2,1-2H3,(H,15,17)/t9-,10-/m0/s1. The maximum atomic E-state index is 11.9. The van der Waals surface area contributed by atoms with Gasteiger partial charge in [0.15, 0.2) is 6.33 Å². The van der Waals surface area contributed by atoms with Crippen LogP contribution in [0.4, 0.5) is 0 Å². The van der Waals surface area contributed by atoms with Gasteiger partial charge in [0.1, 0.15) is 6.04 Å². The molecule has 0 unspecified atom stereocenters. The summed E-state index contributed by atoms with van der Waals surface area (Å²) in [5.41, 5.74) is 0. The molecule has 0 aliphatic carbocycles. The molecule has 7 heteroatoms. The van der Waals surface area contributed by atoms with Crippen molar-refractivity contribution in [2.45, 2.75) is 32.4 Å². The van der Waals surface area contributed by atoms with E-state index in [0.717, 1.165) is 6.42 Å². The number of ether oxygens (including phenoxy) is 1. The van der Waals surface area contributed by atoms with Crippen molar-refractivity contribution in [1.82, 2.24) is 20.4 Å². The molecule has 1 aromatic heterocycles. The zero-order valence-corrected chi connectivity index (χ0v) is 11.3. The fraction of sp³-hybridized carbons (Fsp3) is 0.750. The Labute approximate surface area is 112 Å². The van der Waals surface area contributed by atoms with Crippen LogP contribution in [0.25, 0.3) is 0 Å². The van der Waals surface area contributed by atoms with Crippen molar-refractivity contribution in [3.05, 3.63) is 12.2 Å². The third-order valence-electron chi connectivity index (χ3n) is 3.27. The number of rotatable bonds is 5. The monoisotopic (exact) mass is 268 g/mol. The lowest BCUT2D eigenvalue weighted by molar-refractivity contribution is -0.125. The minimum atomic E-state index is -0.140. The largest absolute Gasteiger partial charge is 0.378 e. The molecule has 2 atom stereocenters. The summed E-state index contributed by atoms with van der Waals surface area (Å²) in [4.78, 5) is 18.0. The second-order valence-electron chi connectivity index (χ2n) is 4.72. The van der Waals surface area contributed by atoms with E-state index in [2.05, 4.69) is 15.5 Å². The van der Waals surface area contributed by atoms with E-state index in [9.17, 15) is 4.79 Å². The van der Waals surface area contributed by atoms with Crippen molar-refractivity contribution in [2.24, 2.45) is 0 Å². The molecule has 1 fully saturated rings. The Morgan fingerprint density at radius 2 is 2.53 bits per heavy atom. The molecule has 2 rings (SSSR count). The second kappa shape index (κ2) is 6.63. The number of nitrogens with zero attached hydrogens (tertiary/aromatic N) is 3. The van der Waals surface area contributed by atoms with Crippen LogP contribution in [0, 0.1) is 0 Å². The maximum Gasteiger partial charge on any atom is 0.246 e. The Kier molecular flexibility index (Phi) is 4.86. The van der Waals surface area contributed by atoms with Gasteiger partial charge >= 0.3 is 0 Å². The van der Waals surface area contributed by atoms with Gasteiger partial charge in [-0.3, -0.25) is 9.69 Å². The van der Waals surface area contributed by atoms with E-state index in [0.29, 0.717) is 32.2 Å². The lowest BCUT2D eigenvalue weighted by atomic mass is 10.2. The minimum absolute atomic E-state index is 0.0146. The van der Waals surface area contributed by atoms with Crippen LogP contribution in [-0.2, 0) is 9.53 Å². The zero-order chi connectivity index (χ0) is 13.7. The van der Waals surface area contributed by atoms with Gasteiger partial charge in [-0.1, -0.05) is 12.1 Å². The first-order valence-corrected chi connectivity index (χ1v) is 6.58. The molecule has 1 N–H and O–H groups in total. The summed E-state index contributed by atoms with van der Waals surface area (Å²) < 4.78 is 10.5. The van der Waals surface area contributed by atoms with E-state index in [1.807, 2.05) is 18.7 Å². The number of carbonyl (C=O) groups excluding carboxylic acids is 1. The third-order valence-corrected chi connectivity index (χ3v) is 3.27. The minimum Gasteiger partial charge on any atom is -0.378 e. The van der Waals surface area contributed by atoms with Crippen molar-refractivity contribution in [2.75, 3.05) is 26.3 Å². The Morgan fingerprint density at radius 3 is 3.21 bits per heavy atom. The van der Waals surface area contributed by atoms with Crippen LogP contribution >= 0.6 is 0 Å². The van der Waals surface area contributed by atoms with Crippen LogP contribution in [0.2, 0.25) is 0 Å². The van der Waals surface area contributed by atoms with Gasteiger partial charge in [0.2, 0.25) is 11.8 Å². The zero-order valence-electron chi connectivity index (χ0n) is 11.3. The molecule has 2 heterocycles. The van der Waals surface area contributed by atoms with Crippen LogP contribution < -0.4 is 5.32 Å². The summed E-state index contributed by atoms with van der Waals surface area (Å²) in [6.07, 6.45) is 2.28. The topological polar surface area (TPSA) is 80.5 Å². The van der Waals surface area contributed by atoms with Crippen LogP contribution in [0.1, 0.15) is 32.2 Å². The van der Waals surface area contributed by atoms with E-state index in [-0.39, 0.29) is 18.0 Å². The third kappa shape index (κ3) is 3.74. The highest BCUT2D eigenvalue weighted by Crippen LogP contribution is 2.21. The molecule has 19 heavy (non-hydrogen) atoms. The number of morpholine rings is 1. The highest BCUT2D eigenvalue weighted by Gasteiger charge is 2.30. The van der Waals surface area contributed by atoms with Gasteiger partial charge in [-0.05, 0) is 13.3 Å². The van der Waals surface area contributed by atoms with E-state index >= 15 is 0 Å². The molecule has 0 aromatic carbocycles. The highest BCUT2D eigenvalue weighted by atomic mass is 16.5. The summed E-state index contributed by atoms with van der Waals surface area (Å²) in [6, 6.07) is 0.0503. The Morgan fingerprint density at radius 1 is 1.68 bits per heavy atom. The molecule has 0 saturated carbocycles. The molecule has 1 saturated heterocycles. The maximum absolute atomic E-state index is 11.9. The second-order valence-corrected chi connectivity index (χ2v) is 4.72. The molecule has 1 aliphatic heterocycles. The van der Waals surface area contributed by atoms with E-state index in [4.69, 9.17) is 9.26 Å². The van der Waals surface area contributed by atoms with Crippen molar-refractivity contribution in [1.29, 1.82) is 0 Å². The summed E-state index contributed by atoms with van der Waals surface area (Å²) in [7, 11) is 0. The average Bonchev–Trinajstić information content (AvgIpc) is 2.93. The van der Waals surface area contributed by atoms with Crippen LogP contribution in [0.5, 0.6) is 0 Å². The number of aromatic nitrogens is 2. The SMILES string of the molecule is CC[C@H](C)NC(=O)CN1CCOC[C@H]1c1ncno1. The predicted octanol–water partition coefficient (Wildman–Crippen LogP) is 0.358. The Hall–Kier alpha value is -1.47. The van der Waals surface area contributed by atoms with Gasteiger partial charge in [-0.2, -0.15) is 4.98 Å². The lowest BCUT2D eigenvalue weighted by Crippen LogP contribution is -2.46. The fourth-order valence-electron chi connectivity index (χ4n) is 1.99. The van der Waals surface area contributed by atoms with Gasteiger partial charge in [0, 0.05) is 12.6 Å². The molecule has 0 radical (unpaired) electrons. The summed E-state index contributed by atoms with van der Waals surface area (Å²) in [5, 5.41) is 6.56. The molecule has 1 aliphatic rings. The van der Waals surface area contributed by atoms with Crippen molar-refractivity contribution in [3.63, 3.8) is 0 Å². The van der Waals surface area contributed by atoms with Gasteiger partial charge in [0.25, 0.3) is 0 Å². The molecular formula is C12H20N4O3. The smallest absolute Gasteiger partial charge is 0.246 e. The molecule has 1 aromatic rings. The number of hydrogen-bond donors (Lipinski definition) is 1. The fourth-order valence-corrected chi connectivity index (χ4v) is 1.99. The number of hydrogen-bond acceptors (Lipinski definition) is 6. The van der Waals surface area contributed by atoms with Crippen molar-refractivity contribution in [3.8, 4) is 0 Å². The molecule has 1 amide bonds. The summed E-state index contributed by atoms with van der Waals surface area (Å²) >= 11 is 0. The van der Waals surface area contributed by atoms with Crippen LogP contribution in [-0.4, -0.2) is 53.3 Å². The highest BCUT2D eigenvalue weighted by molar-refractivity contribution is 5.78. The van der Waals surface area contributed by atoms with E-state index in [1.54, 1.807) is 0 Å². The molecule has 106 valence electrons. The van der Waals surface area contributed by atoms with Gasteiger partial charge in [0.05, 0.1) is 19.8 Å². The Bertz CT molecular complexity index is 396. The first-order chi connectivity index (χ1) is 9.20.